The zero-order chi connectivity index (χ0) is 11.4. The number of carbonyl (C=O) groups excluding carboxylic acids is 1. The fraction of sp³-hybridized carbons (Fsp3) is 0.364. The summed E-state index contributed by atoms with van der Waals surface area (Å²) in [6, 6.07) is 3.60. The van der Waals surface area contributed by atoms with Crippen LogP contribution in [0.4, 0.5) is 5.69 Å². The Balaban J connectivity index is 2.94. The molecule has 3 nitrogen and oxygen atoms in total. The van der Waals surface area contributed by atoms with Crippen molar-refractivity contribution in [1.29, 1.82) is 0 Å². The molecule has 0 unspecified atom stereocenters. The SMILES string of the molecule is COc1cc(Cl)c(C)cc1NCC(C)=O. The van der Waals surface area contributed by atoms with E-state index < -0.39 is 0 Å². The number of methoxy groups -OCH3 is 1. The molecule has 1 rings (SSSR count). The maximum absolute atomic E-state index is 10.8. The molecule has 0 saturated heterocycles. The number of ether oxygens (including phenoxy) is 1. The van der Waals surface area contributed by atoms with Crippen molar-refractivity contribution < 1.29 is 9.53 Å². The van der Waals surface area contributed by atoms with Gasteiger partial charge in [0.2, 0.25) is 0 Å². The molecule has 0 aliphatic heterocycles. The predicted octanol–water partition coefficient (Wildman–Crippen LogP) is 2.66. The van der Waals surface area contributed by atoms with Gasteiger partial charge in [0.15, 0.2) is 0 Å². The first-order chi connectivity index (χ1) is 7.04. The lowest BCUT2D eigenvalue weighted by atomic mass is 10.2. The number of hydrogen-bond donors (Lipinski definition) is 1. The number of benzene rings is 1. The largest absolute Gasteiger partial charge is 0.495 e. The van der Waals surface area contributed by atoms with Crippen molar-refractivity contribution in [2.45, 2.75) is 13.8 Å². The number of rotatable bonds is 4. The summed E-state index contributed by atoms with van der Waals surface area (Å²) in [5, 5.41) is 3.65. The molecule has 0 amide bonds. The molecule has 4 heteroatoms. The molecule has 0 fully saturated rings. The van der Waals surface area contributed by atoms with Gasteiger partial charge in [-0.05, 0) is 25.5 Å². The second kappa shape index (κ2) is 5.03. The van der Waals surface area contributed by atoms with E-state index >= 15 is 0 Å². The quantitative estimate of drug-likeness (QED) is 0.860. The fourth-order valence-corrected chi connectivity index (χ4v) is 1.34. The Morgan fingerprint density at radius 1 is 1.53 bits per heavy atom. The normalized spacial score (nSPS) is 9.87. The molecular weight excluding hydrogens is 214 g/mol. The predicted molar refractivity (Wildman–Crippen MR) is 61.9 cm³/mol. The molecule has 0 atom stereocenters. The number of aryl methyl sites for hydroxylation is 1. The van der Waals surface area contributed by atoms with Gasteiger partial charge in [-0.1, -0.05) is 11.6 Å². The first-order valence-corrected chi connectivity index (χ1v) is 5.00. The summed E-state index contributed by atoms with van der Waals surface area (Å²) in [5.74, 6) is 0.719. The molecular formula is C11H14ClNO2. The number of ketones is 1. The van der Waals surface area contributed by atoms with E-state index in [9.17, 15) is 4.79 Å². The van der Waals surface area contributed by atoms with E-state index in [1.54, 1.807) is 13.2 Å². The Morgan fingerprint density at radius 3 is 2.73 bits per heavy atom. The number of nitrogens with one attached hydrogen (secondary N) is 1. The Kier molecular flexibility index (Phi) is 3.97. The summed E-state index contributed by atoms with van der Waals surface area (Å²) >= 11 is 5.95. The molecule has 0 aromatic heterocycles. The van der Waals surface area contributed by atoms with Gasteiger partial charge in [0.25, 0.3) is 0 Å². The minimum atomic E-state index is 0.0738. The molecule has 15 heavy (non-hydrogen) atoms. The van der Waals surface area contributed by atoms with Gasteiger partial charge < -0.3 is 10.1 Å². The van der Waals surface area contributed by atoms with E-state index in [-0.39, 0.29) is 12.3 Å². The molecule has 82 valence electrons. The number of halogens is 1. The number of carbonyl (C=O) groups is 1. The highest BCUT2D eigenvalue weighted by Gasteiger charge is 2.06. The topological polar surface area (TPSA) is 38.3 Å². The molecule has 0 radical (unpaired) electrons. The summed E-state index contributed by atoms with van der Waals surface area (Å²) in [6.45, 7) is 3.72. The van der Waals surface area contributed by atoms with Gasteiger partial charge in [-0.15, -0.1) is 0 Å². The monoisotopic (exact) mass is 227 g/mol. The van der Waals surface area contributed by atoms with Crippen molar-refractivity contribution in [3.63, 3.8) is 0 Å². The average Bonchev–Trinajstić information content (AvgIpc) is 2.19. The molecule has 1 aromatic rings. The zero-order valence-corrected chi connectivity index (χ0v) is 9.81. The van der Waals surface area contributed by atoms with E-state index in [1.165, 1.54) is 6.92 Å². The van der Waals surface area contributed by atoms with Crippen LogP contribution in [-0.2, 0) is 4.79 Å². The standard InChI is InChI=1S/C11H14ClNO2/c1-7-4-10(13-6-8(2)14)11(15-3)5-9(7)12/h4-5,13H,6H2,1-3H3. The van der Waals surface area contributed by atoms with Gasteiger partial charge in [-0.2, -0.15) is 0 Å². The highest BCUT2D eigenvalue weighted by molar-refractivity contribution is 6.31. The average molecular weight is 228 g/mol. The van der Waals surface area contributed by atoms with E-state index in [2.05, 4.69) is 5.32 Å². The van der Waals surface area contributed by atoms with E-state index in [4.69, 9.17) is 16.3 Å². The zero-order valence-electron chi connectivity index (χ0n) is 9.06. The highest BCUT2D eigenvalue weighted by Crippen LogP contribution is 2.30. The first-order valence-electron chi connectivity index (χ1n) is 4.62. The smallest absolute Gasteiger partial charge is 0.148 e. The third-order valence-electron chi connectivity index (χ3n) is 2.01. The van der Waals surface area contributed by atoms with E-state index in [1.807, 2.05) is 13.0 Å². The third-order valence-corrected chi connectivity index (χ3v) is 2.42. The second-order valence-electron chi connectivity index (χ2n) is 3.36. The van der Waals surface area contributed by atoms with Crippen molar-refractivity contribution in [3.8, 4) is 5.75 Å². The number of hydrogen-bond acceptors (Lipinski definition) is 3. The van der Waals surface area contributed by atoms with Gasteiger partial charge in [0.05, 0.1) is 19.3 Å². The lowest BCUT2D eigenvalue weighted by Crippen LogP contribution is -2.10. The Bertz CT molecular complexity index is 377. The van der Waals surface area contributed by atoms with Crippen molar-refractivity contribution in [2.75, 3.05) is 19.0 Å². The molecule has 0 spiro atoms. The molecule has 1 N–H and O–H groups in total. The van der Waals surface area contributed by atoms with Crippen molar-refractivity contribution >= 4 is 23.1 Å². The van der Waals surface area contributed by atoms with Crippen LogP contribution in [0.5, 0.6) is 5.75 Å². The van der Waals surface area contributed by atoms with Gasteiger partial charge in [-0.25, -0.2) is 0 Å². The molecule has 0 bridgehead atoms. The van der Waals surface area contributed by atoms with Crippen LogP contribution >= 0.6 is 11.6 Å². The van der Waals surface area contributed by atoms with Gasteiger partial charge >= 0.3 is 0 Å². The van der Waals surface area contributed by atoms with Crippen LogP contribution in [0.25, 0.3) is 0 Å². The lowest BCUT2D eigenvalue weighted by Gasteiger charge is -2.11. The number of Topliss-reactive ketones (excluding diaryl/α,β-unsaturated/α-hetero) is 1. The van der Waals surface area contributed by atoms with Crippen LogP contribution in [0, 0.1) is 6.92 Å². The molecule has 0 aliphatic rings. The molecule has 0 aliphatic carbocycles. The Labute approximate surface area is 94.4 Å². The molecule has 0 saturated carbocycles. The second-order valence-corrected chi connectivity index (χ2v) is 3.76. The highest BCUT2D eigenvalue weighted by atomic mass is 35.5. The molecule has 0 heterocycles. The number of anilines is 1. The van der Waals surface area contributed by atoms with E-state index in [0.29, 0.717) is 10.8 Å². The summed E-state index contributed by atoms with van der Waals surface area (Å²) < 4.78 is 5.16. The van der Waals surface area contributed by atoms with Gasteiger partial charge in [-0.3, -0.25) is 4.79 Å². The third kappa shape index (κ3) is 3.13. The van der Waals surface area contributed by atoms with Crippen LogP contribution < -0.4 is 10.1 Å². The van der Waals surface area contributed by atoms with Crippen LogP contribution in [0.3, 0.4) is 0 Å². The van der Waals surface area contributed by atoms with Crippen LogP contribution in [0.15, 0.2) is 12.1 Å². The first kappa shape index (κ1) is 11.9. The van der Waals surface area contributed by atoms with Gasteiger partial charge in [0, 0.05) is 11.1 Å². The minimum absolute atomic E-state index is 0.0738. The summed E-state index contributed by atoms with van der Waals surface area (Å²) in [4.78, 5) is 10.8. The lowest BCUT2D eigenvalue weighted by molar-refractivity contribution is -0.115. The van der Waals surface area contributed by atoms with Crippen molar-refractivity contribution in [2.24, 2.45) is 0 Å². The Hall–Kier alpha value is -1.22. The van der Waals surface area contributed by atoms with Crippen molar-refractivity contribution in [3.05, 3.63) is 22.7 Å². The van der Waals surface area contributed by atoms with Crippen LogP contribution in [0.1, 0.15) is 12.5 Å². The van der Waals surface area contributed by atoms with Crippen molar-refractivity contribution in [1.82, 2.24) is 0 Å². The Morgan fingerprint density at radius 2 is 2.20 bits per heavy atom. The molecule has 1 aromatic carbocycles. The summed E-state index contributed by atoms with van der Waals surface area (Å²) in [6.07, 6.45) is 0. The van der Waals surface area contributed by atoms with E-state index in [0.717, 1.165) is 11.3 Å². The van der Waals surface area contributed by atoms with Crippen LogP contribution in [-0.4, -0.2) is 19.4 Å². The summed E-state index contributed by atoms with van der Waals surface area (Å²) in [5.41, 5.74) is 1.73. The minimum Gasteiger partial charge on any atom is -0.495 e. The maximum atomic E-state index is 10.8. The summed E-state index contributed by atoms with van der Waals surface area (Å²) in [7, 11) is 1.57. The fourth-order valence-electron chi connectivity index (χ4n) is 1.19. The van der Waals surface area contributed by atoms with Gasteiger partial charge in [0.1, 0.15) is 11.5 Å². The van der Waals surface area contributed by atoms with Crippen LogP contribution in [0.2, 0.25) is 5.02 Å². The maximum Gasteiger partial charge on any atom is 0.148 e.